The third kappa shape index (κ3) is 3.27. The van der Waals surface area contributed by atoms with Gasteiger partial charge in [-0.25, -0.2) is 0 Å². The first-order valence-corrected chi connectivity index (χ1v) is 6.27. The molecule has 6 nitrogen and oxygen atoms in total. The van der Waals surface area contributed by atoms with Crippen LogP contribution in [0.25, 0.3) is 0 Å². The maximum Gasteiger partial charge on any atom is 0.212 e. The molecule has 1 heterocycles. The summed E-state index contributed by atoms with van der Waals surface area (Å²) in [6.07, 6.45) is 0. The van der Waals surface area contributed by atoms with Crippen molar-refractivity contribution in [2.24, 2.45) is 7.05 Å². The van der Waals surface area contributed by atoms with Gasteiger partial charge in [-0.15, -0.1) is 10.2 Å². The molecular weight excluding hydrogens is 298 g/mol. The minimum Gasteiger partial charge on any atom is -0.485 e. The molecule has 0 saturated carbocycles. The number of aromatic nitrogens is 4. The molecule has 1 N–H and O–H groups in total. The van der Waals surface area contributed by atoms with E-state index in [-0.39, 0.29) is 0 Å². The Labute approximate surface area is 113 Å². The van der Waals surface area contributed by atoms with Crippen LogP contribution in [0.4, 0.5) is 0 Å². The van der Waals surface area contributed by atoms with Gasteiger partial charge in [-0.1, -0.05) is 15.9 Å². The minimum atomic E-state index is 0.312. The molecule has 1 aromatic heterocycles. The predicted molar refractivity (Wildman–Crippen MR) is 70.0 cm³/mol. The fourth-order valence-electron chi connectivity index (χ4n) is 1.54. The van der Waals surface area contributed by atoms with Gasteiger partial charge in [0.25, 0.3) is 0 Å². The third-order valence-corrected chi connectivity index (χ3v) is 2.79. The Morgan fingerprint density at radius 3 is 2.94 bits per heavy atom. The Bertz CT molecular complexity index is 528. The highest BCUT2D eigenvalue weighted by Crippen LogP contribution is 2.23. The average molecular weight is 312 g/mol. The lowest BCUT2D eigenvalue weighted by Gasteiger charge is -2.10. The molecule has 0 atom stereocenters. The number of ether oxygens (including phenoxy) is 1. The Hall–Kier alpha value is -1.47. The molecule has 0 aliphatic heterocycles. The highest BCUT2D eigenvalue weighted by Gasteiger charge is 2.06. The lowest BCUT2D eigenvalue weighted by atomic mass is 10.2. The Morgan fingerprint density at radius 1 is 1.44 bits per heavy atom. The van der Waals surface area contributed by atoms with E-state index in [1.165, 1.54) is 4.80 Å². The van der Waals surface area contributed by atoms with E-state index in [9.17, 15) is 0 Å². The zero-order valence-corrected chi connectivity index (χ0v) is 11.8. The summed E-state index contributed by atoms with van der Waals surface area (Å²) in [5.74, 6) is 1.39. The summed E-state index contributed by atoms with van der Waals surface area (Å²) in [7, 11) is 3.62. The molecule has 0 aliphatic rings. The van der Waals surface area contributed by atoms with E-state index in [4.69, 9.17) is 4.74 Å². The number of rotatable bonds is 5. The van der Waals surface area contributed by atoms with Crippen LogP contribution in [0, 0.1) is 0 Å². The molecule has 0 bridgehead atoms. The van der Waals surface area contributed by atoms with E-state index in [2.05, 4.69) is 36.7 Å². The van der Waals surface area contributed by atoms with Crippen molar-refractivity contribution in [3.63, 3.8) is 0 Å². The van der Waals surface area contributed by atoms with Gasteiger partial charge in [-0.3, -0.25) is 0 Å². The number of benzene rings is 1. The van der Waals surface area contributed by atoms with Crippen molar-refractivity contribution in [3.05, 3.63) is 34.1 Å². The van der Waals surface area contributed by atoms with Crippen molar-refractivity contribution >= 4 is 15.9 Å². The van der Waals surface area contributed by atoms with Gasteiger partial charge in [0.2, 0.25) is 5.82 Å². The second-order valence-corrected chi connectivity index (χ2v) is 4.68. The molecule has 0 fully saturated rings. The van der Waals surface area contributed by atoms with Gasteiger partial charge < -0.3 is 10.1 Å². The van der Waals surface area contributed by atoms with Crippen LogP contribution in [0.3, 0.4) is 0 Å². The van der Waals surface area contributed by atoms with Crippen molar-refractivity contribution in [1.82, 2.24) is 25.5 Å². The molecule has 0 radical (unpaired) electrons. The van der Waals surface area contributed by atoms with E-state index in [1.807, 2.05) is 25.2 Å². The maximum atomic E-state index is 5.70. The Balaban J connectivity index is 2.08. The van der Waals surface area contributed by atoms with Gasteiger partial charge in [0.05, 0.1) is 7.05 Å². The van der Waals surface area contributed by atoms with Crippen molar-refractivity contribution < 1.29 is 4.74 Å². The van der Waals surface area contributed by atoms with Crippen molar-refractivity contribution in [1.29, 1.82) is 0 Å². The average Bonchev–Trinajstić information content (AvgIpc) is 2.75. The topological polar surface area (TPSA) is 64.9 Å². The molecule has 0 unspecified atom stereocenters. The number of nitrogens with one attached hydrogen (secondary N) is 1. The normalized spacial score (nSPS) is 10.6. The summed E-state index contributed by atoms with van der Waals surface area (Å²) in [6, 6.07) is 5.89. The van der Waals surface area contributed by atoms with Gasteiger partial charge in [0, 0.05) is 16.6 Å². The van der Waals surface area contributed by atoms with Crippen LogP contribution in [0.5, 0.6) is 5.75 Å². The van der Waals surface area contributed by atoms with Crippen LogP contribution < -0.4 is 10.1 Å². The third-order valence-electron chi connectivity index (χ3n) is 2.30. The summed E-state index contributed by atoms with van der Waals surface area (Å²) in [5.41, 5.74) is 1.08. The minimum absolute atomic E-state index is 0.312. The standard InChI is InChI=1S/C11H14BrN5O/c1-13-6-8-5-9(12)3-4-10(8)18-7-11-14-16-17(2)15-11/h3-5,13H,6-7H2,1-2H3. The fourth-order valence-corrected chi connectivity index (χ4v) is 1.95. The van der Waals surface area contributed by atoms with Crippen LogP contribution in [0.2, 0.25) is 0 Å². The first-order chi connectivity index (χ1) is 8.69. The second kappa shape index (κ2) is 5.92. The largest absolute Gasteiger partial charge is 0.485 e. The predicted octanol–water partition coefficient (Wildman–Crippen LogP) is 1.27. The Morgan fingerprint density at radius 2 is 2.28 bits per heavy atom. The Kier molecular flexibility index (Phi) is 4.27. The molecule has 1 aromatic carbocycles. The monoisotopic (exact) mass is 311 g/mol. The zero-order chi connectivity index (χ0) is 13.0. The molecule has 18 heavy (non-hydrogen) atoms. The van der Waals surface area contributed by atoms with Crippen LogP contribution in [0.15, 0.2) is 22.7 Å². The number of hydrogen-bond acceptors (Lipinski definition) is 5. The van der Waals surface area contributed by atoms with Gasteiger partial charge in [0.15, 0.2) is 6.61 Å². The smallest absolute Gasteiger partial charge is 0.212 e. The summed E-state index contributed by atoms with van der Waals surface area (Å²) in [6.45, 7) is 1.05. The van der Waals surface area contributed by atoms with Gasteiger partial charge >= 0.3 is 0 Å². The van der Waals surface area contributed by atoms with Gasteiger partial charge in [0.1, 0.15) is 5.75 Å². The number of nitrogens with zero attached hydrogens (tertiary/aromatic N) is 4. The molecule has 0 aliphatic carbocycles. The molecular formula is C11H14BrN5O. The number of tetrazole rings is 1. The van der Waals surface area contributed by atoms with Crippen LogP contribution in [0.1, 0.15) is 11.4 Å². The van der Waals surface area contributed by atoms with Crippen LogP contribution in [-0.2, 0) is 20.2 Å². The second-order valence-electron chi connectivity index (χ2n) is 3.77. The van der Waals surface area contributed by atoms with E-state index >= 15 is 0 Å². The SMILES string of the molecule is CNCc1cc(Br)ccc1OCc1nnn(C)n1. The quantitative estimate of drug-likeness (QED) is 0.901. The van der Waals surface area contributed by atoms with Crippen molar-refractivity contribution in [3.8, 4) is 5.75 Å². The van der Waals surface area contributed by atoms with E-state index < -0.39 is 0 Å². The number of halogens is 1. The van der Waals surface area contributed by atoms with Crippen molar-refractivity contribution in [2.75, 3.05) is 7.05 Å². The first-order valence-electron chi connectivity index (χ1n) is 5.47. The first kappa shape index (κ1) is 13.0. The summed E-state index contributed by atoms with van der Waals surface area (Å²) >= 11 is 3.44. The molecule has 96 valence electrons. The summed E-state index contributed by atoms with van der Waals surface area (Å²) in [4.78, 5) is 1.41. The number of hydrogen-bond donors (Lipinski definition) is 1. The van der Waals surface area contributed by atoms with E-state index in [0.29, 0.717) is 12.4 Å². The van der Waals surface area contributed by atoms with Crippen LogP contribution in [-0.4, -0.2) is 27.3 Å². The highest BCUT2D eigenvalue weighted by molar-refractivity contribution is 9.10. The van der Waals surface area contributed by atoms with Crippen LogP contribution >= 0.6 is 15.9 Å². The van der Waals surface area contributed by atoms with Gasteiger partial charge in [-0.2, -0.15) is 4.80 Å². The van der Waals surface area contributed by atoms with E-state index in [1.54, 1.807) is 7.05 Å². The summed E-state index contributed by atoms with van der Waals surface area (Å²) in [5, 5.41) is 14.8. The molecule has 7 heteroatoms. The zero-order valence-electron chi connectivity index (χ0n) is 10.2. The van der Waals surface area contributed by atoms with E-state index in [0.717, 1.165) is 22.3 Å². The fraction of sp³-hybridized carbons (Fsp3) is 0.364. The molecule has 0 amide bonds. The molecule has 2 rings (SSSR count). The number of aryl methyl sites for hydroxylation is 1. The highest BCUT2D eigenvalue weighted by atomic mass is 79.9. The summed E-state index contributed by atoms with van der Waals surface area (Å²) < 4.78 is 6.73. The molecule has 2 aromatic rings. The van der Waals surface area contributed by atoms with Crippen molar-refractivity contribution in [2.45, 2.75) is 13.2 Å². The van der Waals surface area contributed by atoms with Gasteiger partial charge in [-0.05, 0) is 30.5 Å². The maximum absolute atomic E-state index is 5.70. The molecule has 0 spiro atoms. The lowest BCUT2D eigenvalue weighted by Crippen LogP contribution is -2.08. The lowest BCUT2D eigenvalue weighted by molar-refractivity contribution is 0.291. The molecule has 0 saturated heterocycles.